The number of hydrogen-bond donors (Lipinski definition) is 1. The summed E-state index contributed by atoms with van der Waals surface area (Å²) < 4.78 is 2.61. The summed E-state index contributed by atoms with van der Waals surface area (Å²) >= 11 is 3.31. The molecule has 2 amide bonds. The van der Waals surface area contributed by atoms with Gasteiger partial charge in [0.25, 0.3) is 5.91 Å². The molecule has 0 spiro atoms. The van der Waals surface area contributed by atoms with Gasteiger partial charge in [-0.05, 0) is 64.5 Å². The topological polar surface area (TPSA) is 97.4 Å². The molecule has 1 aromatic carbocycles. The van der Waals surface area contributed by atoms with E-state index in [-0.39, 0.29) is 17.9 Å². The second-order valence-electron chi connectivity index (χ2n) is 9.68. The van der Waals surface area contributed by atoms with Crippen LogP contribution >= 0.6 is 15.9 Å². The average molecular weight is 547 g/mol. The number of anilines is 1. The molecule has 3 aliphatic rings. The van der Waals surface area contributed by atoms with E-state index in [2.05, 4.69) is 51.8 Å². The Morgan fingerprint density at radius 2 is 1.92 bits per heavy atom. The van der Waals surface area contributed by atoms with Crippen LogP contribution in [0.15, 0.2) is 53.8 Å². The van der Waals surface area contributed by atoms with Crippen molar-refractivity contribution in [2.24, 2.45) is 0 Å². The zero-order valence-electron chi connectivity index (χ0n) is 19.9. The van der Waals surface area contributed by atoms with Gasteiger partial charge < -0.3 is 15.5 Å². The number of benzene rings is 1. The summed E-state index contributed by atoms with van der Waals surface area (Å²) in [5.41, 5.74) is 12.4. The smallest absolute Gasteiger partial charge is 0.258 e. The third-order valence-corrected chi connectivity index (χ3v) is 7.91. The number of nitrogens with two attached hydrogens (primary N) is 1. The predicted octanol–water partition coefficient (Wildman–Crippen LogP) is 3.80. The first-order valence-electron chi connectivity index (χ1n) is 12.3. The number of pyridine rings is 1. The van der Waals surface area contributed by atoms with Crippen LogP contribution in [0.4, 0.5) is 5.69 Å². The van der Waals surface area contributed by atoms with E-state index in [1.165, 1.54) is 30.7 Å². The lowest BCUT2D eigenvalue weighted by molar-refractivity contribution is -0.126. The van der Waals surface area contributed by atoms with Crippen molar-refractivity contribution in [1.29, 1.82) is 0 Å². The lowest BCUT2D eigenvalue weighted by Gasteiger charge is -2.38. The first-order chi connectivity index (χ1) is 17.4. The van der Waals surface area contributed by atoms with Crippen LogP contribution in [0.25, 0.3) is 5.69 Å². The fourth-order valence-electron chi connectivity index (χ4n) is 5.46. The molecule has 1 aliphatic carbocycles. The minimum atomic E-state index is -0.329. The van der Waals surface area contributed by atoms with E-state index in [0.29, 0.717) is 54.2 Å². The summed E-state index contributed by atoms with van der Waals surface area (Å²) in [6.07, 6.45) is 6.66. The van der Waals surface area contributed by atoms with Gasteiger partial charge in [-0.15, -0.1) is 0 Å². The van der Waals surface area contributed by atoms with Crippen molar-refractivity contribution >= 4 is 33.4 Å². The van der Waals surface area contributed by atoms with E-state index < -0.39 is 0 Å². The molecule has 36 heavy (non-hydrogen) atoms. The fourth-order valence-corrected chi connectivity index (χ4v) is 5.81. The van der Waals surface area contributed by atoms with Crippen LogP contribution in [0.3, 0.4) is 0 Å². The van der Waals surface area contributed by atoms with Crippen LogP contribution in [0.5, 0.6) is 0 Å². The van der Waals surface area contributed by atoms with Crippen LogP contribution in [0.2, 0.25) is 0 Å². The molecule has 0 saturated heterocycles. The highest BCUT2D eigenvalue weighted by atomic mass is 79.9. The van der Waals surface area contributed by atoms with Gasteiger partial charge in [-0.1, -0.05) is 18.7 Å². The maximum atomic E-state index is 13.7. The third-order valence-electron chi connectivity index (χ3n) is 7.48. The Kier molecular flexibility index (Phi) is 5.67. The van der Waals surface area contributed by atoms with E-state index >= 15 is 0 Å². The molecule has 6 rings (SSSR count). The van der Waals surface area contributed by atoms with Crippen molar-refractivity contribution < 1.29 is 9.59 Å². The Labute approximate surface area is 217 Å². The first-order valence-corrected chi connectivity index (χ1v) is 13.1. The number of carbonyl (C=O) groups is 2. The van der Waals surface area contributed by atoms with Crippen LogP contribution in [-0.4, -0.2) is 56.0 Å². The molecule has 3 aromatic rings. The highest BCUT2D eigenvalue weighted by Crippen LogP contribution is 2.41. The SMILES string of the molecule is C=CC(=O)N1CCc2nn(-c3ccc(C4CC4)cc3)c3c2[C@H](C1)N(C(=O)c1cnc(Br)cc1N)CC3. The average Bonchev–Trinajstić information content (AvgIpc) is 3.69. The number of halogens is 1. The Morgan fingerprint density at radius 1 is 1.14 bits per heavy atom. The van der Waals surface area contributed by atoms with E-state index in [1.54, 1.807) is 11.0 Å². The van der Waals surface area contributed by atoms with Gasteiger partial charge in [0, 0.05) is 49.9 Å². The highest BCUT2D eigenvalue weighted by Gasteiger charge is 2.40. The summed E-state index contributed by atoms with van der Waals surface area (Å²) in [6.45, 7) is 5.06. The summed E-state index contributed by atoms with van der Waals surface area (Å²) in [5, 5.41) is 5.02. The van der Waals surface area contributed by atoms with Crippen molar-refractivity contribution in [2.45, 2.75) is 37.6 Å². The van der Waals surface area contributed by atoms with Crippen LogP contribution < -0.4 is 5.73 Å². The van der Waals surface area contributed by atoms with Crippen molar-refractivity contribution in [3.05, 3.63) is 81.9 Å². The lowest BCUT2D eigenvalue weighted by Crippen LogP contribution is -2.46. The molecular weight excluding hydrogens is 520 g/mol. The monoisotopic (exact) mass is 546 g/mol. The van der Waals surface area contributed by atoms with E-state index in [0.717, 1.165) is 22.6 Å². The van der Waals surface area contributed by atoms with E-state index in [1.807, 2.05) is 9.58 Å². The highest BCUT2D eigenvalue weighted by molar-refractivity contribution is 9.10. The second kappa shape index (κ2) is 8.89. The number of nitrogens with zero attached hydrogens (tertiary/aromatic N) is 5. The summed E-state index contributed by atoms with van der Waals surface area (Å²) in [5.74, 6) is 0.362. The Bertz CT molecular complexity index is 1380. The van der Waals surface area contributed by atoms with Crippen LogP contribution in [-0.2, 0) is 17.6 Å². The maximum absolute atomic E-state index is 13.7. The molecule has 1 fully saturated rings. The van der Waals surface area contributed by atoms with Gasteiger partial charge in [0.05, 0.1) is 28.7 Å². The number of aromatic nitrogens is 3. The maximum Gasteiger partial charge on any atom is 0.258 e. The Hall–Kier alpha value is -3.46. The lowest BCUT2D eigenvalue weighted by atomic mass is 9.94. The molecule has 2 aliphatic heterocycles. The number of rotatable bonds is 4. The number of nitrogen functional groups attached to an aromatic ring is 1. The minimum absolute atomic E-state index is 0.145. The summed E-state index contributed by atoms with van der Waals surface area (Å²) in [4.78, 5) is 34.1. The van der Waals surface area contributed by atoms with Gasteiger partial charge in [0.1, 0.15) is 4.60 Å². The minimum Gasteiger partial charge on any atom is -0.398 e. The number of amides is 2. The van der Waals surface area contributed by atoms with Gasteiger partial charge in [-0.25, -0.2) is 9.67 Å². The third kappa shape index (κ3) is 3.91. The van der Waals surface area contributed by atoms with E-state index in [9.17, 15) is 9.59 Å². The molecule has 0 bridgehead atoms. The zero-order chi connectivity index (χ0) is 25.0. The standard InChI is InChI=1S/C27H27BrN6O2/c1-2-25(35)32-11-9-21-26-22(34(31-21)18-7-5-17(6-8-18)16-3-4-16)10-12-33(23(26)15-32)27(36)19-14-30-24(28)13-20(19)29/h2,5-8,13-14,16,23H,1,3-4,9-12,15H2,(H2,29,30)/t23-/m0/s1. The molecule has 0 radical (unpaired) electrons. The molecule has 1 saturated carbocycles. The largest absolute Gasteiger partial charge is 0.398 e. The molecule has 9 heteroatoms. The molecule has 4 heterocycles. The molecule has 1 atom stereocenters. The summed E-state index contributed by atoms with van der Waals surface area (Å²) in [6, 6.07) is 10.0. The Balaban J connectivity index is 1.41. The van der Waals surface area contributed by atoms with Crippen molar-refractivity contribution in [3.8, 4) is 5.69 Å². The van der Waals surface area contributed by atoms with Gasteiger partial charge in [-0.3, -0.25) is 9.59 Å². The molecule has 8 nitrogen and oxygen atoms in total. The molecule has 0 unspecified atom stereocenters. The van der Waals surface area contributed by atoms with Crippen molar-refractivity contribution in [1.82, 2.24) is 24.6 Å². The summed E-state index contributed by atoms with van der Waals surface area (Å²) in [7, 11) is 0. The van der Waals surface area contributed by atoms with Crippen molar-refractivity contribution in [2.75, 3.05) is 25.4 Å². The van der Waals surface area contributed by atoms with Gasteiger partial charge in [0.15, 0.2) is 0 Å². The molecular formula is C27H27BrN6O2. The normalized spacial score (nSPS) is 19.0. The van der Waals surface area contributed by atoms with E-state index in [4.69, 9.17) is 10.8 Å². The van der Waals surface area contributed by atoms with Gasteiger partial charge >= 0.3 is 0 Å². The Morgan fingerprint density at radius 3 is 2.61 bits per heavy atom. The molecule has 2 aromatic heterocycles. The number of hydrogen-bond acceptors (Lipinski definition) is 5. The molecule has 2 N–H and O–H groups in total. The first kappa shape index (κ1) is 23.0. The van der Waals surface area contributed by atoms with Gasteiger partial charge in [0.2, 0.25) is 5.91 Å². The van der Waals surface area contributed by atoms with Gasteiger partial charge in [-0.2, -0.15) is 5.10 Å². The predicted molar refractivity (Wildman–Crippen MR) is 140 cm³/mol. The fraction of sp³-hybridized carbons (Fsp3) is 0.333. The molecule has 184 valence electrons. The van der Waals surface area contributed by atoms with Crippen LogP contribution in [0.1, 0.15) is 57.7 Å². The second-order valence-corrected chi connectivity index (χ2v) is 10.5. The van der Waals surface area contributed by atoms with Crippen molar-refractivity contribution in [3.63, 3.8) is 0 Å². The zero-order valence-corrected chi connectivity index (χ0v) is 21.4. The van der Waals surface area contributed by atoms with Crippen LogP contribution in [0, 0.1) is 0 Å². The number of carbonyl (C=O) groups excluding carboxylic acids is 2. The quantitative estimate of drug-likeness (QED) is 0.396.